The van der Waals surface area contributed by atoms with Crippen molar-refractivity contribution in [3.63, 3.8) is 0 Å². The zero-order valence-corrected chi connectivity index (χ0v) is 16.8. The van der Waals surface area contributed by atoms with Gasteiger partial charge in [-0.05, 0) is 37.1 Å². The molecule has 0 radical (unpaired) electrons. The molecule has 0 bridgehead atoms. The minimum Gasteiger partial charge on any atom is -0.319 e. The van der Waals surface area contributed by atoms with E-state index in [0.717, 1.165) is 22.4 Å². The van der Waals surface area contributed by atoms with E-state index in [9.17, 15) is 4.79 Å². The van der Waals surface area contributed by atoms with Crippen molar-refractivity contribution in [3.05, 3.63) is 94.8 Å². The second kappa shape index (κ2) is 7.89. The topological polar surface area (TPSA) is 59.8 Å². The number of aromatic nitrogens is 3. The first-order valence-electron chi connectivity index (χ1n) is 9.19. The molecule has 0 saturated carbocycles. The molecule has 4 rings (SSSR count). The first-order valence-corrected chi connectivity index (χ1v) is 9.57. The lowest BCUT2D eigenvalue weighted by atomic mass is 10.1. The van der Waals surface area contributed by atoms with Crippen molar-refractivity contribution in [1.29, 1.82) is 0 Å². The highest BCUT2D eigenvalue weighted by molar-refractivity contribution is 6.32. The van der Waals surface area contributed by atoms with Gasteiger partial charge in [-0.25, -0.2) is 9.67 Å². The molecule has 0 aliphatic heterocycles. The highest BCUT2D eigenvalue weighted by Crippen LogP contribution is 2.26. The van der Waals surface area contributed by atoms with Crippen LogP contribution in [0.25, 0.3) is 17.1 Å². The van der Waals surface area contributed by atoms with Gasteiger partial charge in [0, 0.05) is 11.3 Å². The Morgan fingerprint density at radius 3 is 2.24 bits per heavy atom. The summed E-state index contributed by atoms with van der Waals surface area (Å²) >= 11 is 6.39. The summed E-state index contributed by atoms with van der Waals surface area (Å²) in [6.45, 7) is 3.90. The second-order valence-corrected chi connectivity index (χ2v) is 7.12. The molecule has 0 aliphatic carbocycles. The second-order valence-electron chi connectivity index (χ2n) is 6.71. The number of carbonyl (C=O) groups is 1. The van der Waals surface area contributed by atoms with Crippen LogP contribution < -0.4 is 5.32 Å². The fourth-order valence-corrected chi connectivity index (χ4v) is 3.37. The summed E-state index contributed by atoms with van der Waals surface area (Å²) in [4.78, 5) is 17.5. The van der Waals surface area contributed by atoms with E-state index < -0.39 is 0 Å². The zero-order chi connectivity index (χ0) is 20.4. The van der Waals surface area contributed by atoms with Crippen molar-refractivity contribution in [3.8, 4) is 17.1 Å². The number of hydrogen-bond donors (Lipinski definition) is 1. The quantitative estimate of drug-likeness (QED) is 0.493. The molecular weight excluding hydrogens is 384 g/mol. The Hall–Kier alpha value is -3.44. The summed E-state index contributed by atoms with van der Waals surface area (Å²) in [5.41, 5.74) is 4.23. The summed E-state index contributed by atoms with van der Waals surface area (Å²) in [5.74, 6) is 0.252. The summed E-state index contributed by atoms with van der Waals surface area (Å²) < 4.78 is 1.61. The first-order chi connectivity index (χ1) is 14.0. The molecule has 1 amide bonds. The van der Waals surface area contributed by atoms with Crippen LogP contribution in [-0.4, -0.2) is 20.7 Å². The molecular formula is C23H19ClN4O. The van der Waals surface area contributed by atoms with Gasteiger partial charge >= 0.3 is 0 Å². The van der Waals surface area contributed by atoms with Gasteiger partial charge in [-0.2, -0.15) is 0 Å². The fraction of sp³-hybridized carbons (Fsp3) is 0.0870. The maximum absolute atomic E-state index is 12.9. The number of para-hydroxylation sites is 2. The van der Waals surface area contributed by atoms with E-state index >= 15 is 0 Å². The average Bonchev–Trinajstić information content (AvgIpc) is 3.17. The van der Waals surface area contributed by atoms with Crippen LogP contribution in [0.1, 0.15) is 21.7 Å². The summed E-state index contributed by atoms with van der Waals surface area (Å²) in [7, 11) is 0. The summed E-state index contributed by atoms with van der Waals surface area (Å²) in [5, 5.41) is 7.95. The molecule has 144 valence electrons. The third-order valence-corrected chi connectivity index (χ3v) is 4.96. The molecule has 0 saturated heterocycles. The number of benzene rings is 3. The third-order valence-electron chi connectivity index (χ3n) is 4.64. The number of carbonyl (C=O) groups excluding carboxylic acids is 1. The van der Waals surface area contributed by atoms with E-state index in [0.29, 0.717) is 16.5 Å². The molecule has 0 fully saturated rings. The minimum atomic E-state index is -0.370. The van der Waals surface area contributed by atoms with E-state index in [4.69, 9.17) is 11.6 Å². The van der Waals surface area contributed by atoms with Crippen molar-refractivity contribution >= 4 is 23.2 Å². The lowest BCUT2D eigenvalue weighted by Crippen LogP contribution is -2.16. The zero-order valence-electron chi connectivity index (χ0n) is 16.1. The normalized spacial score (nSPS) is 10.7. The van der Waals surface area contributed by atoms with Crippen LogP contribution in [0.4, 0.5) is 5.69 Å². The lowest BCUT2D eigenvalue weighted by Gasteiger charge is -2.09. The maximum atomic E-state index is 12.9. The van der Waals surface area contributed by atoms with Gasteiger partial charge in [0.05, 0.1) is 10.7 Å². The largest absolute Gasteiger partial charge is 0.319 e. The van der Waals surface area contributed by atoms with Gasteiger partial charge in [-0.3, -0.25) is 4.79 Å². The van der Waals surface area contributed by atoms with Gasteiger partial charge in [-0.15, -0.1) is 5.10 Å². The molecule has 0 aliphatic rings. The monoisotopic (exact) mass is 402 g/mol. The Bertz CT molecular complexity index is 1160. The number of anilines is 1. The number of halogens is 1. The van der Waals surface area contributed by atoms with E-state index in [1.807, 2.05) is 80.6 Å². The van der Waals surface area contributed by atoms with Crippen molar-refractivity contribution < 1.29 is 4.79 Å². The van der Waals surface area contributed by atoms with Gasteiger partial charge in [0.1, 0.15) is 0 Å². The van der Waals surface area contributed by atoms with Gasteiger partial charge in [-0.1, -0.05) is 72.3 Å². The van der Waals surface area contributed by atoms with Crippen LogP contribution in [0.2, 0.25) is 5.02 Å². The van der Waals surface area contributed by atoms with E-state index in [-0.39, 0.29) is 11.7 Å². The number of aryl methyl sites for hydroxylation is 2. The van der Waals surface area contributed by atoms with Crippen LogP contribution >= 0.6 is 11.6 Å². The number of hydrogen-bond acceptors (Lipinski definition) is 3. The number of nitrogens with zero attached hydrogens (tertiary/aromatic N) is 3. The van der Waals surface area contributed by atoms with Crippen LogP contribution in [-0.2, 0) is 0 Å². The number of nitrogens with one attached hydrogen (secondary N) is 1. The maximum Gasteiger partial charge on any atom is 0.295 e. The molecule has 29 heavy (non-hydrogen) atoms. The molecule has 1 aromatic heterocycles. The van der Waals surface area contributed by atoms with Gasteiger partial charge < -0.3 is 5.32 Å². The summed E-state index contributed by atoms with van der Waals surface area (Å²) in [6.07, 6.45) is 0. The fourth-order valence-electron chi connectivity index (χ4n) is 3.15. The predicted molar refractivity (Wildman–Crippen MR) is 116 cm³/mol. The summed E-state index contributed by atoms with van der Waals surface area (Å²) in [6, 6.07) is 22.8. The van der Waals surface area contributed by atoms with Gasteiger partial charge in [0.25, 0.3) is 5.91 Å². The van der Waals surface area contributed by atoms with Gasteiger partial charge in [0.2, 0.25) is 5.82 Å². The molecule has 1 N–H and O–H groups in total. The van der Waals surface area contributed by atoms with Crippen molar-refractivity contribution in [1.82, 2.24) is 14.8 Å². The van der Waals surface area contributed by atoms with E-state index in [1.165, 1.54) is 0 Å². The van der Waals surface area contributed by atoms with Crippen molar-refractivity contribution in [2.24, 2.45) is 0 Å². The van der Waals surface area contributed by atoms with Crippen LogP contribution in [0.5, 0.6) is 0 Å². The number of amides is 1. The lowest BCUT2D eigenvalue weighted by molar-refractivity contribution is 0.101. The molecule has 1 heterocycles. The average molecular weight is 403 g/mol. The molecule has 0 atom stereocenters. The molecule has 4 aromatic rings. The molecule has 0 unspecified atom stereocenters. The van der Waals surface area contributed by atoms with Gasteiger partial charge in [0.15, 0.2) is 5.82 Å². The Morgan fingerprint density at radius 1 is 0.897 bits per heavy atom. The van der Waals surface area contributed by atoms with Crippen molar-refractivity contribution in [2.75, 3.05) is 5.32 Å². The number of rotatable bonds is 4. The Balaban J connectivity index is 1.79. The van der Waals surface area contributed by atoms with Crippen LogP contribution in [0.15, 0.2) is 72.8 Å². The SMILES string of the molecule is Cc1cccc(C)c1NC(=O)c1nc(-c2ccccc2)n(-c2ccccc2Cl)n1. The standard InChI is InChI=1S/C23H19ClN4O/c1-15-9-8-10-16(2)20(15)25-23(29)21-26-22(17-11-4-3-5-12-17)28(27-21)19-14-7-6-13-18(19)24/h3-14H,1-2H3,(H,25,29). The Kier molecular flexibility index (Phi) is 5.14. The Morgan fingerprint density at radius 2 is 1.55 bits per heavy atom. The smallest absolute Gasteiger partial charge is 0.295 e. The Labute approximate surface area is 174 Å². The molecule has 5 nitrogen and oxygen atoms in total. The van der Waals surface area contributed by atoms with Crippen LogP contribution in [0, 0.1) is 13.8 Å². The van der Waals surface area contributed by atoms with E-state index in [2.05, 4.69) is 15.4 Å². The highest BCUT2D eigenvalue weighted by Gasteiger charge is 2.20. The molecule has 0 spiro atoms. The van der Waals surface area contributed by atoms with E-state index in [1.54, 1.807) is 10.7 Å². The van der Waals surface area contributed by atoms with Crippen molar-refractivity contribution in [2.45, 2.75) is 13.8 Å². The molecule has 6 heteroatoms. The predicted octanol–water partition coefficient (Wildman–Crippen LogP) is 5.46. The molecule has 3 aromatic carbocycles. The van der Waals surface area contributed by atoms with Crippen LogP contribution in [0.3, 0.4) is 0 Å². The highest BCUT2D eigenvalue weighted by atomic mass is 35.5. The minimum absolute atomic E-state index is 0.0754. The first kappa shape index (κ1) is 18.9. The third kappa shape index (κ3) is 3.77.